The lowest BCUT2D eigenvalue weighted by molar-refractivity contribution is 0.161. The Bertz CT molecular complexity index is 449. The van der Waals surface area contributed by atoms with Crippen LogP contribution < -0.4 is 11.3 Å². The van der Waals surface area contributed by atoms with Gasteiger partial charge in [0.15, 0.2) is 0 Å². The van der Waals surface area contributed by atoms with Crippen molar-refractivity contribution in [3.8, 4) is 0 Å². The Morgan fingerprint density at radius 2 is 2.00 bits per heavy atom. The van der Waals surface area contributed by atoms with Crippen LogP contribution in [-0.2, 0) is 11.8 Å². The molecule has 1 saturated carbocycles. The van der Waals surface area contributed by atoms with Gasteiger partial charge in [-0.15, -0.1) is 11.3 Å². The van der Waals surface area contributed by atoms with Gasteiger partial charge in [-0.2, -0.15) is 0 Å². The number of hydrogen-bond donors (Lipinski definition) is 2. The molecule has 3 nitrogen and oxygen atoms in total. The molecule has 1 heterocycles. The summed E-state index contributed by atoms with van der Waals surface area (Å²) in [6, 6.07) is 0.361. The molecule has 21 heavy (non-hydrogen) atoms. The van der Waals surface area contributed by atoms with E-state index in [1.165, 1.54) is 36.4 Å². The van der Waals surface area contributed by atoms with Crippen molar-refractivity contribution in [1.29, 1.82) is 0 Å². The molecule has 0 aromatic carbocycles. The molecular formula is C17H31N3S. The van der Waals surface area contributed by atoms with Crippen molar-refractivity contribution in [3.63, 3.8) is 0 Å². The maximum Gasteiger partial charge on any atom is 0.0944 e. The van der Waals surface area contributed by atoms with Crippen LogP contribution in [0.5, 0.6) is 0 Å². The number of thiazole rings is 1. The minimum atomic E-state index is 0.134. The van der Waals surface area contributed by atoms with Gasteiger partial charge >= 0.3 is 0 Å². The van der Waals surface area contributed by atoms with Crippen molar-refractivity contribution < 1.29 is 0 Å². The van der Waals surface area contributed by atoms with Crippen molar-refractivity contribution in [3.05, 3.63) is 16.1 Å². The lowest BCUT2D eigenvalue weighted by Gasteiger charge is -2.37. The first-order valence-corrected chi connectivity index (χ1v) is 9.00. The SMILES string of the molecule is CC1(C)CCC(C(Cc2nc(C(C)(C)C)cs2)NN)CC1. The summed E-state index contributed by atoms with van der Waals surface area (Å²) in [5, 5.41) is 3.42. The second kappa shape index (κ2) is 6.35. The molecule has 2 rings (SSSR count). The molecule has 1 fully saturated rings. The van der Waals surface area contributed by atoms with E-state index in [1.807, 2.05) is 0 Å². The summed E-state index contributed by atoms with van der Waals surface area (Å²) in [6.07, 6.45) is 6.13. The Morgan fingerprint density at radius 1 is 1.38 bits per heavy atom. The van der Waals surface area contributed by atoms with Crippen LogP contribution in [0.2, 0.25) is 0 Å². The molecule has 1 unspecified atom stereocenters. The maximum atomic E-state index is 5.84. The first kappa shape index (κ1) is 16.9. The molecule has 4 heteroatoms. The molecule has 3 N–H and O–H groups in total. The van der Waals surface area contributed by atoms with E-state index < -0.39 is 0 Å². The van der Waals surface area contributed by atoms with E-state index in [-0.39, 0.29) is 5.41 Å². The Morgan fingerprint density at radius 3 is 2.48 bits per heavy atom. The number of nitrogens with zero attached hydrogens (tertiary/aromatic N) is 1. The van der Waals surface area contributed by atoms with Crippen molar-refractivity contribution in [2.24, 2.45) is 17.2 Å². The fourth-order valence-corrected chi connectivity index (χ4v) is 4.20. The van der Waals surface area contributed by atoms with Crippen molar-refractivity contribution in [2.75, 3.05) is 0 Å². The third kappa shape index (κ3) is 4.51. The van der Waals surface area contributed by atoms with E-state index >= 15 is 0 Å². The normalized spacial score (nSPS) is 21.4. The maximum absolute atomic E-state index is 5.84. The van der Waals surface area contributed by atoms with Crippen LogP contribution in [0.4, 0.5) is 0 Å². The van der Waals surface area contributed by atoms with E-state index in [0.717, 1.165) is 6.42 Å². The van der Waals surface area contributed by atoms with Crippen LogP contribution >= 0.6 is 11.3 Å². The molecule has 1 aromatic rings. The summed E-state index contributed by atoms with van der Waals surface area (Å²) in [4.78, 5) is 4.82. The van der Waals surface area contributed by atoms with Crippen LogP contribution in [0.1, 0.15) is 71.0 Å². The summed E-state index contributed by atoms with van der Waals surface area (Å²) >= 11 is 1.78. The fourth-order valence-electron chi connectivity index (χ4n) is 3.12. The van der Waals surface area contributed by atoms with E-state index in [9.17, 15) is 0 Å². The van der Waals surface area contributed by atoms with Crippen LogP contribution in [0.3, 0.4) is 0 Å². The van der Waals surface area contributed by atoms with Crippen molar-refractivity contribution in [1.82, 2.24) is 10.4 Å². The van der Waals surface area contributed by atoms with Gasteiger partial charge in [-0.3, -0.25) is 11.3 Å². The molecule has 0 saturated heterocycles. The summed E-state index contributed by atoms with van der Waals surface area (Å²) in [5.74, 6) is 6.52. The number of nitrogens with two attached hydrogens (primary N) is 1. The van der Waals surface area contributed by atoms with E-state index in [0.29, 0.717) is 17.4 Å². The molecule has 1 aliphatic rings. The minimum absolute atomic E-state index is 0.134. The number of rotatable bonds is 4. The average Bonchev–Trinajstić information content (AvgIpc) is 2.85. The highest BCUT2D eigenvalue weighted by atomic mass is 32.1. The smallest absolute Gasteiger partial charge is 0.0944 e. The number of aromatic nitrogens is 1. The predicted octanol–water partition coefficient (Wildman–Crippen LogP) is 4.03. The van der Waals surface area contributed by atoms with Gasteiger partial charge in [0.2, 0.25) is 0 Å². The van der Waals surface area contributed by atoms with Crippen molar-refractivity contribution in [2.45, 2.75) is 78.2 Å². The third-order valence-electron chi connectivity index (χ3n) is 4.88. The van der Waals surface area contributed by atoms with Gasteiger partial charge in [0.25, 0.3) is 0 Å². The van der Waals surface area contributed by atoms with E-state index in [4.69, 9.17) is 10.8 Å². The molecule has 120 valence electrons. The molecule has 0 bridgehead atoms. The van der Waals surface area contributed by atoms with Gasteiger partial charge in [0.05, 0.1) is 10.7 Å². The van der Waals surface area contributed by atoms with Crippen LogP contribution in [0.25, 0.3) is 0 Å². The fraction of sp³-hybridized carbons (Fsp3) is 0.824. The molecule has 0 amide bonds. The zero-order chi connectivity index (χ0) is 15.7. The first-order valence-electron chi connectivity index (χ1n) is 8.12. The molecule has 0 spiro atoms. The summed E-state index contributed by atoms with van der Waals surface area (Å²) in [7, 11) is 0. The van der Waals surface area contributed by atoms with Gasteiger partial charge in [0.1, 0.15) is 0 Å². The number of nitrogens with one attached hydrogen (secondary N) is 1. The van der Waals surface area contributed by atoms with Gasteiger partial charge in [-0.05, 0) is 37.0 Å². The summed E-state index contributed by atoms with van der Waals surface area (Å²) in [6.45, 7) is 11.4. The van der Waals surface area contributed by atoms with Gasteiger partial charge in [-0.25, -0.2) is 4.98 Å². The topological polar surface area (TPSA) is 50.9 Å². The highest BCUT2D eigenvalue weighted by Gasteiger charge is 2.31. The Labute approximate surface area is 133 Å². The monoisotopic (exact) mass is 309 g/mol. The van der Waals surface area contributed by atoms with Crippen LogP contribution in [0, 0.1) is 11.3 Å². The van der Waals surface area contributed by atoms with Gasteiger partial charge < -0.3 is 0 Å². The number of hydrogen-bond acceptors (Lipinski definition) is 4. The zero-order valence-corrected chi connectivity index (χ0v) is 15.0. The van der Waals surface area contributed by atoms with E-state index in [2.05, 4.69) is 45.4 Å². The number of hydrazine groups is 1. The molecule has 1 aromatic heterocycles. The predicted molar refractivity (Wildman–Crippen MR) is 91.4 cm³/mol. The first-order chi connectivity index (χ1) is 9.71. The van der Waals surface area contributed by atoms with Crippen LogP contribution in [0.15, 0.2) is 5.38 Å². The van der Waals surface area contributed by atoms with Crippen molar-refractivity contribution >= 4 is 11.3 Å². The molecule has 0 radical (unpaired) electrons. The molecule has 1 atom stereocenters. The van der Waals surface area contributed by atoms with Gasteiger partial charge in [-0.1, -0.05) is 34.6 Å². The standard InChI is InChI=1S/C17H31N3S/c1-16(2,3)14-11-21-15(19-14)10-13(20-18)12-6-8-17(4,5)9-7-12/h11-13,20H,6-10,18H2,1-5H3. The largest absolute Gasteiger partial charge is 0.271 e. The molecule has 0 aliphatic heterocycles. The Hall–Kier alpha value is -0.450. The highest BCUT2D eigenvalue weighted by molar-refractivity contribution is 7.09. The summed E-state index contributed by atoms with van der Waals surface area (Å²) < 4.78 is 0. The Balaban J connectivity index is 1.98. The van der Waals surface area contributed by atoms with Gasteiger partial charge in [0, 0.05) is 23.3 Å². The third-order valence-corrected chi connectivity index (χ3v) is 5.75. The summed E-state index contributed by atoms with van der Waals surface area (Å²) in [5.41, 5.74) is 4.90. The Kier molecular flexibility index (Phi) is 5.11. The second-order valence-corrected chi connectivity index (χ2v) is 9.30. The minimum Gasteiger partial charge on any atom is -0.271 e. The lowest BCUT2D eigenvalue weighted by atomic mass is 9.71. The average molecular weight is 310 g/mol. The zero-order valence-electron chi connectivity index (χ0n) is 14.2. The lowest BCUT2D eigenvalue weighted by Crippen LogP contribution is -2.44. The molecular weight excluding hydrogens is 278 g/mol. The van der Waals surface area contributed by atoms with Crippen LogP contribution in [-0.4, -0.2) is 11.0 Å². The quantitative estimate of drug-likeness (QED) is 0.652. The highest BCUT2D eigenvalue weighted by Crippen LogP contribution is 2.39. The second-order valence-electron chi connectivity index (χ2n) is 8.36. The van der Waals surface area contributed by atoms with E-state index in [1.54, 1.807) is 11.3 Å². The molecule has 1 aliphatic carbocycles.